The molecular formula is C24H26N6O4. The summed E-state index contributed by atoms with van der Waals surface area (Å²) >= 11 is 0. The van der Waals surface area contributed by atoms with E-state index in [1.165, 1.54) is 4.90 Å². The summed E-state index contributed by atoms with van der Waals surface area (Å²) in [6.07, 6.45) is 1.75. The Balaban J connectivity index is 1.24. The maximum atomic E-state index is 13.0. The van der Waals surface area contributed by atoms with Crippen molar-refractivity contribution in [1.29, 1.82) is 0 Å². The number of rotatable bonds is 6. The average molecular weight is 463 g/mol. The molecule has 3 aromatic rings. The number of hydrogen-bond acceptors (Lipinski definition) is 8. The van der Waals surface area contributed by atoms with Gasteiger partial charge in [-0.1, -0.05) is 18.2 Å². The molecule has 2 fully saturated rings. The van der Waals surface area contributed by atoms with Crippen molar-refractivity contribution in [3.05, 3.63) is 48.5 Å². The van der Waals surface area contributed by atoms with E-state index in [4.69, 9.17) is 9.47 Å². The lowest BCUT2D eigenvalue weighted by atomic mass is 10.0. The smallest absolute Gasteiger partial charge is 0.251 e. The third kappa shape index (κ3) is 4.01. The summed E-state index contributed by atoms with van der Waals surface area (Å²) in [6, 6.07) is 14.3. The first-order chi connectivity index (χ1) is 16.6. The Labute approximate surface area is 197 Å². The first-order valence-corrected chi connectivity index (χ1v) is 11.3. The second-order valence-corrected chi connectivity index (χ2v) is 8.39. The molecule has 0 radical (unpaired) electrons. The second-order valence-electron chi connectivity index (χ2n) is 8.39. The Hall–Kier alpha value is -3.79. The zero-order chi connectivity index (χ0) is 23.7. The van der Waals surface area contributed by atoms with Crippen molar-refractivity contribution in [3.8, 4) is 22.9 Å². The lowest BCUT2D eigenvalue weighted by Crippen LogP contribution is -2.46. The number of methoxy groups -OCH3 is 2. The highest BCUT2D eigenvalue weighted by molar-refractivity contribution is 6.22. The maximum absolute atomic E-state index is 13.0. The van der Waals surface area contributed by atoms with Crippen molar-refractivity contribution in [3.63, 3.8) is 0 Å². The number of piperidine rings is 1. The molecule has 2 aliphatic heterocycles. The van der Waals surface area contributed by atoms with Crippen LogP contribution in [0.15, 0.2) is 48.5 Å². The summed E-state index contributed by atoms with van der Waals surface area (Å²) in [6.45, 7) is 1.37. The Kier molecular flexibility index (Phi) is 5.97. The number of amides is 2. The molecule has 0 aliphatic carbocycles. The SMILES string of the molecule is COc1ccc(-c2nnn(C3CCN(C4CC(=O)N(c5ccccc5)C4=O)CC3)n2)cc1OC. The van der Waals surface area contributed by atoms with Crippen molar-refractivity contribution in [1.82, 2.24) is 25.1 Å². The molecule has 0 bridgehead atoms. The van der Waals surface area contributed by atoms with Gasteiger partial charge in [-0.15, -0.1) is 10.2 Å². The van der Waals surface area contributed by atoms with E-state index in [0.29, 0.717) is 36.1 Å². The number of imide groups is 1. The second kappa shape index (κ2) is 9.22. The normalized spacial score (nSPS) is 19.6. The molecule has 0 N–H and O–H groups in total. The van der Waals surface area contributed by atoms with Gasteiger partial charge in [0.25, 0.3) is 5.91 Å². The summed E-state index contributed by atoms with van der Waals surface area (Å²) in [5, 5.41) is 13.1. The number of aromatic nitrogens is 4. The van der Waals surface area contributed by atoms with Gasteiger partial charge in [-0.05, 0) is 48.4 Å². The number of benzene rings is 2. The van der Waals surface area contributed by atoms with Gasteiger partial charge in [0, 0.05) is 18.7 Å². The number of hydrogen-bond donors (Lipinski definition) is 0. The molecular weight excluding hydrogens is 436 g/mol. The van der Waals surface area contributed by atoms with Gasteiger partial charge in [0.2, 0.25) is 11.7 Å². The fraction of sp³-hybridized carbons (Fsp3) is 0.375. The van der Waals surface area contributed by atoms with Crippen LogP contribution in [-0.2, 0) is 9.59 Å². The minimum absolute atomic E-state index is 0.0788. The lowest BCUT2D eigenvalue weighted by Gasteiger charge is -2.34. The number of nitrogens with zero attached hydrogens (tertiary/aromatic N) is 6. The summed E-state index contributed by atoms with van der Waals surface area (Å²) in [7, 11) is 3.17. The van der Waals surface area contributed by atoms with Crippen LogP contribution in [-0.4, -0.2) is 70.3 Å². The molecule has 2 amide bonds. The summed E-state index contributed by atoms with van der Waals surface area (Å²) in [5.41, 5.74) is 1.42. The van der Waals surface area contributed by atoms with Crippen LogP contribution in [0.25, 0.3) is 11.4 Å². The molecule has 0 spiro atoms. The molecule has 5 rings (SSSR count). The van der Waals surface area contributed by atoms with Crippen LogP contribution in [0.3, 0.4) is 0 Å². The van der Waals surface area contributed by atoms with E-state index in [0.717, 1.165) is 18.4 Å². The molecule has 1 unspecified atom stereocenters. The number of ether oxygens (including phenoxy) is 2. The maximum Gasteiger partial charge on any atom is 0.251 e. The highest BCUT2D eigenvalue weighted by Gasteiger charge is 2.43. The Bertz CT molecular complexity index is 1190. The van der Waals surface area contributed by atoms with Crippen LogP contribution in [0.4, 0.5) is 5.69 Å². The summed E-state index contributed by atoms with van der Waals surface area (Å²) in [5.74, 6) is 1.45. The number of likely N-dealkylation sites (tertiary alicyclic amines) is 1. The number of tetrazole rings is 1. The predicted molar refractivity (Wildman–Crippen MR) is 124 cm³/mol. The van der Waals surface area contributed by atoms with Crippen molar-refractivity contribution < 1.29 is 19.1 Å². The Morgan fingerprint density at radius 3 is 2.38 bits per heavy atom. The van der Waals surface area contributed by atoms with E-state index in [1.807, 2.05) is 36.4 Å². The van der Waals surface area contributed by atoms with Gasteiger partial charge in [0.1, 0.15) is 0 Å². The first-order valence-electron chi connectivity index (χ1n) is 11.3. The topological polar surface area (TPSA) is 103 Å². The molecule has 34 heavy (non-hydrogen) atoms. The van der Waals surface area contributed by atoms with Crippen LogP contribution < -0.4 is 14.4 Å². The van der Waals surface area contributed by atoms with Gasteiger partial charge >= 0.3 is 0 Å². The first kappa shape index (κ1) is 22.0. The van der Waals surface area contributed by atoms with Gasteiger partial charge in [-0.25, -0.2) is 4.90 Å². The monoisotopic (exact) mass is 462 g/mol. The predicted octanol–water partition coefficient (Wildman–Crippen LogP) is 2.33. The quantitative estimate of drug-likeness (QED) is 0.515. The van der Waals surface area contributed by atoms with E-state index in [-0.39, 0.29) is 24.3 Å². The molecule has 0 saturated carbocycles. The zero-order valence-electron chi connectivity index (χ0n) is 19.1. The molecule has 1 aromatic heterocycles. The fourth-order valence-corrected chi connectivity index (χ4v) is 4.65. The fourth-order valence-electron chi connectivity index (χ4n) is 4.65. The lowest BCUT2D eigenvalue weighted by molar-refractivity contribution is -0.123. The number of anilines is 1. The number of para-hydroxylation sites is 1. The standard InChI is InChI=1S/C24H26N6O4/c1-33-20-9-8-16(14-21(20)34-2)23-25-27-30(26-23)18-10-12-28(13-11-18)19-15-22(31)29(24(19)32)17-6-4-3-5-7-17/h3-9,14,18-19H,10-13,15H2,1-2H3. The molecule has 3 heterocycles. The molecule has 2 aliphatic rings. The minimum atomic E-state index is -0.417. The highest BCUT2D eigenvalue weighted by Crippen LogP contribution is 2.32. The number of carbonyl (C=O) groups excluding carboxylic acids is 2. The van der Waals surface area contributed by atoms with Crippen LogP contribution >= 0.6 is 0 Å². The van der Waals surface area contributed by atoms with Crippen LogP contribution in [0.5, 0.6) is 11.5 Å². The van der Waals surface area contributed by atoms with Gasteiger partial charge < -0.3 is 9.47 Å². The van der Waals surface area contributed by atoms with E-state index < -0.39 is 6.04 Å². The molecule has 10 nitrogen and oxygen atoms in total. The van der Waals surface area contributed by atoms with Crippen LogP contribution in [0.1, 0.15) is 25.3 Å². The van der Waals surface area contributed by atoms with Crippen molar-refractivity contribution in [2.24, 2.45) is 0 Å². The van der Waals surface area contributed by atoms with Crippen LogP contribution in [0, 0.1) is 0 Å². The molecule has 1 atom stereocenters. The van der Waals surface area contributed by atoms with Gasteiger partial charge in [0.05, 0.1) is 38.4 Å². The van der Waals surface area contributed by atoms with Crippen molar-refractivity contribution >= 4 is 17.5 Å². The third-order valence-corrected chi connectivity index (χ3v) is 6.47. The van der Waals surface area contributed by atoms with E-state index in [2.05, 4.69) is 20.3 Å². The average Bonchev–Trinajstić information content (AvgIpc) is 3.49. The van der Waals surface area contributed by atoms with Gasteiger partial charge in [-0.2, -0.15) is 4.80 Å². The molecule has 2 aromatic carbocycles. The van der Waals surface area contributed by atoms with Crippen molar-refractivity contribution in [2.45, 2.75) is 31.3 Å². The van der Waals surface area contributed by atoms with Gasteiger partial charge in [0.15, 0.2) is 11.5 Å². The van der Waals surface area contributed by atoms with E-state index in [9.17, 15) is 9.59 Å². The summed E-state index contributed by atoms with van der Waals surface area (Å²) < 4.78 is 10.7. The Morgan fingerprint density at radius 1 is 0.941 bits per heavy atom. The van der Waals surface area contributed by atoms with E-state index in [1.54, 1.807) is 31.1 Å². The summed E-state index contributed by atoms with van der Waals surface area (Å²) in [4.78, 5) is 30.7. The molecule has 176 valence electrons. The third-order valence-electron chi connectivity index (χ3n) is 6.47. The molecule has 10 heteroatoms. The largest absolute Gasteiger partial charge is 0.493 e. The number of carbonyl (C=O) groups is 2. The zero-order valence-corrected chi connectivity index (χ0v) is 19.1. The van der Waals surface area contributed by atoms with Crippen LogP contribution in [0.2, 0.25) is 0 Å². The van der Waals surface area contributed by atoms with Crippen molar-refractivity contribution in [2.75, 3.05) is 32.2 Å². The highest BCUT2D eigenvalue weighted by atomic mass is 16.5. The van der Waals surface area contributed by atoms with Gasteiger partial charge in [-0.3, -0.25) is 14.5 Å². The van der Waals surface area contributed by atoms with E-state index >= 15 is 0 Å². The minimum Gasteiger partial charge on any atom is -0.493 e. The Morgan fingerprint density at radius 2 is 1.68 bits per heavy atom. The molecule has 2 saturated heterocycles.